The monoisotopic (exact) mass is 263 g/mol. The Kier molecular flexibility index (Phi) is 5.58. The van der Waals surface area contributed by atoms with Gasteiger partial charge in [-0.15, -0.1) is 0 Å². The fourth-order valence-corrected chi connectivity index (χ4v) is 1.57. The molecular weight excluding hydrogens is 247 g/mol. The molecule has 2 atom stereocenters. The van der Waals surface area contributed by atoms with Gasteiger partial charge >= 0.3 is 6.18 Å². The lowest BCUT2D eigenvalue weighted by Gasteiger charge is -2.23. The first-order chi connectivity index (χ1) is 8.45. The molecule has 0 saturated heterocycles. The van der Waals surface area contributed by atoms with E-state index in [1.807, 2.05) is 0 Å². The SMILES string of the molecule is COCC(O)CNC(c1ccccc1)C(F)(F)F. The average molecular weight is 263 g/mol. The van der Waals surface area contributed by atoms with E-state index in [0.29, 0.717) is 0 Å². The van der Waals surface area contributed by atoms with Gasteiger partial charge in [0, 0.05) is 13.7 Å². The van der Waals surface area contributed by atoms with Gasteiger partial charge < -0.3 is 9.84 Å². The lowest BCUT2D eigenvalue weighted by molar-refractivity contribution is -0.159. The third kappa shape index (κ3) is 4.64. The minimum Gasteiger partial charge on any atom is -0.389 e. The number of rotatable bonds is 6. The maximum atomic E-state index is 12.9. The second kappa shape index (κ2) is 6.72. The zero-order chi connectivity index (χ0) is 13.6. The highest BCUT2D eigenvalue weighted by molar-refractivity contribution is 5.20. The van der Waals surface area contributed by atoms with Crippen molar-refractivity contribution in [1.29, 1.82) is 0 Å². The van der Waals surface area contributed by atoms with Gasteiger partial charge in [0.1, 0.15) is 6.04 Å². The molecule has 0 aliphatic rings. The fraction of sp³-hybridized carbons (Fsp3) is 0.500. The molecule has 1 rings (SSSR count). The average Bonchev–Trinajstić information content (AvgIpc) is 2.29. The van der Waals surface area contributed by atoms with Crippen molar-refractivity contribution in [3.8, 4) is 0 Å². The number of hydrogen-bond acceptors (Lipinski definition) is 3. The molecule has 0 fully saturated rings. The van der Waals surface area contributed by atoms with E-state index in [1.54, 1.807) is 18.2 Å². The zero-order valence-corrected chi connectivity index (χ0v) is 9.95. The van der Waals surface area contributed by atoms with Gasteiger partial charge in [-0.25, -0.2) is 0 Å². The van der Waals surface area contributed by atoms with Gasteiger partial charge in [-0.3, -0.25) is 5.32 Å². The van der Waals surface area contributed by atoms with Crippen molar-refractivity contribution >= 4 is 0 Å². The van der Waals surface area contributed by atoms with Crippen molar-refractivity contribution in [3.05, 3.63) is 35.9 Å². The highest BCUT2D eigenvalue weighted by Gasteiger charge is 2.40. The summed E-state index contributed by atoms with van der Waals surface area (Å²) >= 11 is 0. The molecule has 1 aromatic rings. The van der Waals surface area contributed by atoms with Crippen molar-refractivity contribution in [1.82, 2.24) is 5.32 Å². The van der Waals surface area contributed by atoms with Crippen LogP contribution in [0.2, 0.25) is 0 Å². The van der Waals surface area contributed by atoms with E-state index in [-0.39, 0.29) is 18.7 Å². The van der Waals surface area contributed by atoms with E-state index in [1.165, 1.54) is 19.2 Å². The van der Waals surface area contributed by atoms with Crippen molar-refractivity contribution in [2.45, 2.75) is 18.3 Å². The third-order valence-electron chi connectivity index (χ3n) is 2.38. The summed E-state index contributed by atoms with van der Waals surface area (Å²) < 4.78 is 43.3. The number of benzene rings is 1. The van der Waals surface area contributed by atoms with Crippen LogP contribution in [0.25, 0.3) is 0 Å². The fourth-order valence-electron chi connectivity index (χ4n) is 1.57. The van der Waals surface area contributed by atoms with Crippen LogP contribution >= 0.6 is 0 Å². The molecule has 0 aromatic heterocycles. The molecule has 2 N–H and O–H groups in total. The van der Waals surface area contributed by atoms with Crippen molar-refractivity contribution < 1.29 is 23.0 Å². The summed E-state index contributed by atoms with van der Waals surface area (Å²) in [6, 6.07) is 5.74. The number of hydrogen-bond donors (Lipinski definition) is 2. The topological polar surface area (TPSA) is 41.5 Å². The van der Waals surface area contributed by atoms with Gasteiger partial charge in [0.2, 0.25) is 0 Å². The lowest BCUT2D eigenvalue weighted by atomic mass is 10.1. The first kappa shape index (κ1) is 14.9. The molecule has 1 aromatic carbocycles. The predicted molar refractivity (Wildman–Crippen MR) is 61.1 cm³/mol. The van der Waals surface area contributed by atoms with Crippen LogP contribution in [-0.2, 0) is 4.74 Å². The van der Waals surface area contributed by atoms with Crippen LogP contribution in [0.3, 0.4) is 0 Å². The summed E-state index contributed by atoms with van der Waals surface area (Å²) in [5.74, 6) is 0. The van der Waals surface area contributed by atoms with E-state index in [2.05, 4.69) is 10.1 Å². The Morgan fingerprint density at radius 2 is 1.89 bits per heavy atom. The van der Waals surface area contributed by atoms with Gasteiger partial charge in [0.05, 0.1) is 12.7 Å². The van der Waals surface area contributed by atoms with Crippen molar-refractivity contribution in [2.75, 3.05) is 20.3 Å². The molecule has 3 nitrogen and oxygen atoms in total. The molecule has 0 aliphatic heterocycles. The van der Waals surface area contributed by atoms with Gasteiger partial charge in [0.15, 0.2) is 0 Å². The number of aliphatic hydroxyl groups is 1. The van der Waals surface area contributed by atoms with Crippen molar-refractivity contribution in [2.24, 2.45) is 0 Å². The Hall–Kier alpha value is -1.11. The number of methoxy groups -OCH3 is 1. The standard InChI is InChI=1S/C12H16F3NO2/c1-18-8-10(17)7-16-11(12(13,14)15)9-5-3-2-4-6-9/h2-6,10-11,16-17H,7-8H2,1H3. The summed E-state index contributed by atoms with van der Waals surface area (Å²) in [4.78, 5) is 0. The van der Waals surface area contributed by atoms with E-state index < -0.39 is 18.3 Å². The second-order valence-corrected chi connectivity index (χ2v) is 3.90. The molecule has 18 heavy (non-hydrogen) atoms. The number of nitrogens with one attached hydrogen (secondary N) is 1. The Morgan fingerprint density at radius 3 is 2.39 bits per heavy atom. The number of aliphatic hydroxyl groups excluding tert-OH is 1. The molecular formula is C12H16F3NO2. The quantitative estimate of drug-likeness (QED) is 0.823. The summed E-state index contributed by atoms with van der Waals surface area (Å²) in [6.07, 6.45) is -5.38. The smallest absolute Gasteiger partial charge is 0.389 e. The highest BCUT2D eigenvalue weighted by atomic mass is 19.4. The van der Waals surface area contributed by atoms with Gasteiger partial charge in [-0.05, 0) is 5.56 Å². The first-order valence-electron chi connectivity index (χ1n) is 5.47. The van der Waals surface area contributed by atoms with E-state index in [4.69, 9.17) is 0 Å². The first-order valence-corrected chi connectivity index (χ1v) is 5.47. The Balaban J connectivity index is 2.69. The normalized spacial score (nSPS) is 15.4. The van der Waals surface area contributed by atoms with Crippen LogP contribution in [0.1, 0.15) is 11.6 Å². The third-order valence-corrected chi connectivity index (χ3v) is 2.38. The maximum absolute atomic E-state index is 12.9. The number of halogens is 3. The Labute approximate surface area is 104 Å². The van der Waals surface area contributed by atoms with E-state index in [9.17, 15) is 18.3 Å². The molecule has 0 saturated carbocycles. The molecule has 6 heteroatoms. The lowest BCUT2D eigenvalue weighted by Crippen LogP contribution is -2.39. The number of ether oxygens (including phenoxy) is 1. The predicted octanol–water partition coefficient (Wildman–Crippen LogP) is 1.89. The van der Waals surface area contributed by atoms with Crippen LogP contribution in [0, 0.1) is 0 Å². The summed E-state index contributed by atoms with van der Waals surface area (Å²) in [7, 11) is 1.38. The molecule has 0 amide bonds. The largest absolute Gasteiger partial charge is 0.407 e. The zero-order valence-electron chi connectivity index (χ0n) is 9.95. The molecule has 0 spiro atoms. The van der Waals surface area contributed by atoms with Crippen LogP contribution < -0.4 is 5.32 Å². The summed E-state index contributed by atoms with van der Waals surface area (Å²) in [5.41, 5.74) is 0.120. The van der Waals surface area contributed by atoms with Crippen LogP contribution in [-0.4, -0.2) is 37.6 Å². The minimum absolute atomic E-state index is 0.00757. The van der Waals surface area contributed by atoms with Gasteiger partial charge in [0.25, 0.3) is 0 Å². The molecule has 2 unspecified atom stereocenters. The van der Waals surface area contributed by atoms with Gasteiger partial charge in [-0.2, -0.15) is 13.2 Å². The molecule has 0 bridgehead atoms. The van der Waals surface area contributed by atoms with Crippen molar-refractivity contribution in [3.63, 3.8) is 0 Å². The minimum atomic E-state index is -4.41. The summed E-state index contributed by atoms with van der Waals surface area (Å²) in [5, 5.41) is 11.7. The maximum Gasteiger partial charge on any atom is 0.407 e. The summed E-state index contributed by atoms with van der Waals surface area (Å²) in [6.45, 7) is -0.195. The van der Waals surface area contributed by atoms with Crippen LogP contribution in [0.4, 0.5) is 13.2 Å². The van der Waals surface area contributed by atoms with Gasteiger partial charge in [-0.1, -0.05) is 30.3 Å². The molecule has 0 aliphatic carbocycles. The Bertz CT molecular complexity index is 343. The Morgan fingerprint density at radius 1 is 1.28 bits per heavy atom. The number of alkyl halides is 3. The second-order valence-electron chi connectivity index (χ2n) is 3.90. The van der Waals surface area contributed by atoms with Crippen LogP contribution in [0.5, 0.6) is 0 Å². The van der Waals surface area contributed by atoms with Crippen LogP contribution in [0.15, 0.2) is 30.3 Å². The van der Waals surface area contributed by atoms with E-state index in [0.717, 1.165) is 0 Å². The molecule has 0 radical (unpaired) electrons. The van der Waals surface area contributed by atoms with E-state index >= 15 is 0 Å². The molecule has 102 valence electrons. The highest BCUT2D eigenvalue weighted by Crippen LogP contribution is 2.32. The molecule has 0 heterocycles.